The molecular weight excluding hydrogens is 200 g/mol. The van der Waals surface area contributed by atoms with E-state index in [-0.39, 0.29) is 29.9 Å². The van der Waals surface area contributed by atoms with Gasteiger partial charge < -0.3 is 10.2 Å². The van der Waals surface area contributed by atoms with Crippen LogP contribution in [-0.4, -0.2) is 22.2 Å². The third kappa shape index (κ3) is 12.6. The van der Waals surface area contributed by atoms with Gasteiger partial charge in [-0.1, -0.05) is 0 Å². The number of unbranched alkanes of at least 4 members (excludes halogenated alkanes) is 1. The third-order valence-corrected chi connectivity index (χ3v) is 1.03. The van der Waals surface area contributed by atoms with Gasteiger partial charge in [0.15, 0.2) is 0 Å². The van der Waals surface area contributed by atoms with E-state index in [0.29, 0.717) is 12.8 Å². The van der Waals surface area contributed by atoms with Crippen LogP contribution in [0, 0.1) is 0 Å². The molecule has 0 amide bonds. The van der Waals surface area contributed by atoms with Crippen molar-refractivity contribution in [3.8, 4) is 0 Å². The van der Waals surface area contributed by atoms with Gasteiger partial charge in [0, 0.05) is 29.9 Å². The molecule has 0 heterocycles. The summed E-state index contributed by atoms with van der Waals surface area (Å²) < 4.78 is 0. The van der Waals surface area contributed by atoms with Crippen LogP contribution in [-0.2, 0) is 26.7 Å². The monoisotopic (exact) mass is 209 g/mol. The second kappa shape index (κ2) is 7.57. The molecule has 0 saturated carbocycles. The SMILES string of the molecule is O=C(O)CCCCC(=O)O.[Cu]. The Kier molecular flexibility index (Phi) is 8.99. The predicted molar refractivity (Wildman–Crippen MR) is 33.7 cm³/mol. The summed E-state index contributed by atoms with van der Waals surface area (Å²) in [5.74, 6) is -1.74. The number of hydrogen-bond acceptors (Lipinski definition) is 2. The van der Waals surface area contributed by atoms with Crippen molar-refractivity contribution < 1.29 is 36.9 Å². The molecule has 0 saturated heterocycles. The van der Waals surface area contributed by atoms with Gasteiger partial charge in [-0.05, 0) is 12.8 Å². The van der Waals surface area contributed by atoms with Crippen LogP contribution >= 0.6 is 0 Å². The topological polar surface area (TPSA) is 74.6 Å². The minimum absolute atomic E-state index is 0. The molecule has 0 fully saturated rings. The summed E-state index contributed by atoms with van der Waals surface area (Å²) in [5.41, 5.74) is 0. The van der Waals surface area contributed by atoms with Gasteiger partial charge in [0.05, 0.1) is 0 Å². The van der Waals surface area contributed by atoms with Crippen LogP contribution in [0.25, 0.3) is 0 Å². The maximum absolute atomic E-state index is 9.90. The van der Waals surface area contributed by atoms with Crippen LogP contribution in [0.15, 0.2) is 0 Å². The summed E-state index contributed by atoms with van der Waals surface area (Å²) in [4.78, 5) is 19.8. The number of carbonyl (C=O) groups is 2. The maximum Gasteiger partial charge on any atom is 0.303 e. The van der Waals surface area contributed by atoms with Gasteiger partial charge in [0.25, 0.3) is 0 Å². The molecule has 0 aliphatic heterocycles. The van der Waals surface area contributed by atoms with Crippen LogP contribution in [0.4, 0.5) is 0 Å². The smallest absolute Gasteiger partial charge is 0.303 e. The number of carboxylic acid groups (broad SMARTS) is 2. The molecule has 0 rings (SSSR count). The first-order valence-electron chi connectivity index (χ1n) is 3.06. The average molecular weight is 210 g/mol. The zero-order valence-corrected chi connectivity index (χ0v) is 6.78. The summed E-state index contributed by atoms with van der Waals surface area (Å²) in [7, 11) is 0. The summed E-state index contributed by atoms with van der Waals surface area (Å²) in [5, 5.41) is 16.3. The van der Waals surface area contributed by atoms with E-state index in [1.807, 2.05) is 0 Å². The molecule has 0 aromatic carbocycles. The second-order valence-electron chi connectivity index (χ2n) is 1.99. The third-order valence-electron chi connectivity index (χ3n) is 1.03. The largest absolute Gasteiger partial charge is 0.481 e. The van der Waals surface area contributed by atoms with E-state index in [9.17, 15) is 9.59 Å². The van der Waals surface area contributed by atoms with Crippen molar-refractivity contribution in [2.75, 3.05) is 0 Å². The van der Waals surface area contributed by atoms with Gasteiger partial charge >= 0.3 is 11.9 Å². The van der Waals surface area contributed by atoms with Gasteiger partial charge in [-0.15, -0.1) is 0 Å². The minimum Gasteiger partial charge on any atom is -0.481 e. The van der Waals surface area contributed by atoms with Gasteiger partial charge in [-0.2, -0.15) is 0 Å². The molecule has 0 bridgehead atoms. The summed E-state index contributed by atoms with van der Waals surface area (Å²) in [6, 6.07) is 0. The molecule has 0 aromatic rings. The van der Waals surface area contributed by atoms with Crippen molar-refractivity contribution in [2.45, 2.75) is 25.7 Å². The molecular formula is C6H10CuO4. The molecule has 0 atom stereocenters. The van der Waals surface area contributed by atoms with Crippen molar-refractivity contribution in [1.82, 2.24) is 0 Å². The Balaban J connectivity index is 0. The molecule has 0 spiro atoms. The molecule has 5 heteroatoms. The molecule has 11 heavy (non-hydrogen) atoms. The Hall–Kier alpha value is -0.541. The minimum atomic E-state index is -0.870. The van der Waals surface area contributed by atoms with E-state index < -0.39 is 11.9 Å². The summed E-state index contributed by atoms with van der Waals surface area (Å²) in [6.45, 7) is 0. The molecule has 4 nitrogen and oxygen atoms in total. The van der Waals surface area contributed by atoms with E-state index in [0.717, 1.165) is 0 Å². The standard InChI is InChI=1S/C6H10O4.Cu/c7-5(8)3-1-2-4-6(9)10;/h1-4H2,(H,7,8)(H,9,10);. The number of aliphatic carboxylic acids is 2. The van der Waals surface area contributed by atoms with Crippen LogP contribution < -0.4 is 0 Å². The van der Waals surface area contributed by atoms with Crippen LogP contribution in [0.3, 0.4) is 0 Å². The Morgan fingerprint density at radius 3 is 1.36 bits per heavy atom. The zero-order chi connectivity index (χ0) is 7.98. The molecule has 0 aliphatic rings. The molecule has 2 N–H and O–H groups in total. The van der Waals surface area contributed by atoms with E-state index in [2.05, 4.69) is 0 Å². The van der Waals surface area contributed by atoms with Crippen LogP contribution in [0.5, 0.6) is 0 Å². The Labute approximate surface area is 75.1 Å². The van der Waals surface area contributed by atoms with Crippen molar-refractivity contribution in [3.63, 3.8) is 0 Å². The summed E-state index contributed by atoms with van der Waals surface area (Å²) >= 11 is 0. The fourth-order valence-electron chi connectivity index (χ4n) is 0.552. The van der Waals surface area contributed by atoms with Crippen LogP contribution in [0.2, 0.25) is 0 Å². The van der Waals surface area contributed by atoms with E-state index in [1.165, 1.54) is 0 Å². The number of rotatable bonds is 5. The Bertz CT molecular complexity index is 119. The molecule has 0 unspecified atom stereocenters. The fraction of sp³-hybridized carbons (Fsp3) is 0.667. The summed E-state index contributed by atoms with van der Waals surface area (Å²) in [6.07, 6.45) is 1.02. The van der Waals surface area contributed by atoms with Crippen molar-refractivity contribution >= 4 is 11.9 Å². The first-order valence-corrected chi connectivity index (χ1v) is 3.06. The van der Waals surface area contributed by atoms with Crippen molar-refractivity contribution in [1.29, 1.82) is 0 Å². The van der Waals surface area contributed by atoms with Gasteiger partial charge in [-0.3, -0.25) is 9.59 Å². The zero-order valence-electron chi connectivity index (χ0n) is 5.84. The predicted octanol–water partition coefficient (Wildman–Crippen LogP) is 0.714. The molecule has 0 aromatic heterocycles. The maximum atomic E-state index is 9.90. The number of hydrogen-bond donors (Lipinski definition) is 2. The molecule has 0 aliphatic carbocycles. The van der Waals surface area contributed by atoms with Gasteiger partial charge in [0.2, 0.25) is 0 Å². The van der Waals surface area contributed by atoms with Crippen molar-refractivity contribution in [3.05, 3.63) is 0 Å². The second-order valence-corrected chi connectivity index (χ2v) is 1.99. The van der Waals surface area contributed by atoms with E-state index >= 15 is 0 Å². The van der Waals surface area contributed by atoms with E-state index in [1.54, 1.807) is 0 Å². The van der Waals surface area contributed by atoms with Crippen molar-refractivity contribution in [2.24, 2.45) is 0 Å². The first-order chi connectivity index (χ1) is 4.63. The van der Waals surface area contributed by atoms with Gasteiger partial charge in [0.1, 0.15) is 0 Å². The fourth-order valence-corrected chi connectivity index (χ4v) is 0.552. The molecule has 69 valence electrons. The molecule has 1 radical (unpaired) electrons. The first kappa shape index (κ1) is 13.1. The van der Waals surface area contributed by atoms with Crippen LogP contribution in [0.1, 0.15) is 25.7 Å². The Morgan fingerprint density at radius 2 is 1.18 bits per heavy atom. The quantitative estimate of drug-likeness (QED) is 0.517. The average Bonchev–Trinajstić information content (AvgIpc) is 1.79. The van der Waals surface area contributed by atoms with E-state index in [4.69, 9.17) is 10.2 Å². The Morgan fingerprint density at radius 1 is 0.909 bits per heavy atom. The van der Waals surface area contributed by atoms with Gasteiger partial charge in [-0.25, -0.2) is 0 Å². The normalized spacial score (nSPS) is 8.36. The number of carboxylic acids is 2.